The van der Waals surface area contributed by atoms with Gasteiger partial charge in [-0.1, -0.05) is 24.3 Å². The number of alkyl halides is 1. The zero-order valence-corrected chi connectivity index (χ0v) is 13.4. The largest absolute Gasteiger partial charge is 0.388 e. The number of hydrogen-bond acceptors (Lipinski definition) is 4. The first kappa shape index (κ1) is 14.0. The maximum absolute atomic E-state index is 12.8. The van der Waals surface area contributed by atoms with Crippen molar-refractivity contribution >= 4 is 22.6 Å². The van der Waals surface area contributed by atoms with E-state index in [0.29, 0.717) is 5.69 Å². The number of fused-ring (bicyclic) bond motifs is 1. The zero-order chi connectivity index (χ0) is 15.6. The summed E-state index contributed by atoms with van der Waals surface area (Å²) in [4.78, 5) is 25.5. The highest BCUT2D eigenvalue weighted by Gasteiger charge is 2.54. The molecule has 2 N–H and O–H groups in total. The van der Waals surface area contributed by atoms with E-state index >= 15 is 0 Å². The molecule has 1 aromatic heterocycles. The lowest BCUT2D eigenvalue weighted by Gasteiger charge is -2.46. The molecule has 2 aromatic rings. The number of aromatic nitrogens is 3. The van der Waals surface area contributed by atoms with Crippen molar-refractivity contribution < 1.29 is 10.2 Å². The van der Waals surface area contributed by atoms with Gasteiger partial charge in [-0.2, -0.15) is 0 Å². The predicted octanol–water partition coefficient (Wildman–Crippen LogP) is -0.265. The second-order valence-electron chi connectivity index (χ2n) is 5.41. The van der Waals surface area contributed by atoms with Crippen LogP contribution in [0.2, 0.25) is 0 Å². The lowest BCUT2D eigenvalue weighted by atomic mass is 9.90. The minimum absolute atomic E-state index is 0.454. The van der Waals surface area contributed by atoms with Crippen LogP contribution in [0, 0.1) is 0 Å². The van der Waals surface area contributed by atoms with Crippen molar-refractivity contribution in [3.63, 3.8) is 0 Å². The number of para-hydroxylation sites is 1. The van der Waals surface area contributed by atoms with Crippen LogP contribution < -0.4 is 11.4 Å². The number of nitrogens with zero attached hydrogens (tertiary/aromatic N) is 3. The van der Waals surface area contributed by atoms with Crippen LogP contribution in [0.4, 0.5) is 0 Å². The summed E-state index contributed by atoms with van der Waals surface area (Å²) in [5, 5.41) is 20.5. The van der Waals surface area contributed by atoms with Gasteiger partial charge in [0.15, 0.2) is 3.55 Å². The molecule has 4 atom stereocenters. The predicted molar refractivity (Wildman–Crippen MR) is 86.5 cm³/mol. The van der Waals surface area contributed by atoms with Crippen LogP contribution in [-0.2, 0) is 3.55 Å². The van der Waals surface area contributed by atoms with Gasteiger partial charge in [0.05, 0.1) is 5.69 Å². The smallest absolute Gasteiger partial charge is 0.353 e. The molecule has 5 rings (SSSR count). The standard InChI is InChI=1S/C14H12IN3O4/c15-14-7-6-9(10(19)11(14)20)17-12(21)16(13(22)18(14)17)8-4-2-1-3-5-8/h1-7,9-11,19-20H/t9-,10-,11-,14+/m0/s1. The Morgan fingerprint density at radius 3 is 2.45 bits per heavy atom. The van der Waals surface area contributed by atoms with Crippen LogP contribution in [-0.4, -0.2) is 36.4 Å². The topological polar surface area (TPSA) is 89.4 Å². The Labute approximate surface area is 137 Å². The number of aliphatic hydroxyl groups is 2. The third kappa shape index (κ3) is 1.52. The second-order valence-corrected chi connectivity index (χ2v) is 7.13. The fourth-order valence-corrected chi connectivity index (χ4v) is 4.14. The lowest BCUT2D eigenvalue weighted by molar-refractivity contribution is -0.0704. The van der Waals surface area contributed by atoms with Crippen molar-refractivity contribution in [1.82, 2.24) is 13.9 Å². The Balaban J connectivity index is 2.08. The minimum Gasteiger partial charge on any atom is -0.388 e. The second kappa shape index (κ2) is 4.43. The molecule has 0 spiro atoms. The molecule has 22 heavy (non-hydrogen) atoms. The van der Waals surface area contributed by atoms with Crippen molar-refractivity contribution in [2.24, 2.45) is 0 Å². The van der Waals surface area contributed by atoms with Crippen LogP contribution in [0.15, 0.2) is 52.1 Å². The first-order valence-corrected chi connectivity index (χ1v) is 7.81. The highest BCUT2D eigenvalue weighted by Crippen LogP contribution is 2.43. The van der Waals surface area contributed by atoms with Crippen LogP contribution in [0.25, 0.3) is 5.69 Å². The van der Waals surface area contributed by atoms with E-state index in [1.165, 1.54) is 9.36 Å². The first-order chi connectivity index (χ1) is 10.5. The summed E-state index contributed by atoms with van der Waals surface area (Å²) in [6.45, 7) is 0. The third-order valence-corrected chi connectivity index (χ3v) is 5.67. The summed E-state index contributed by atoms with van der Waals surface area (Å²) >= 11 is 1.89. The molecule has 3 heterocycles. The quantitative estimate of drug-likeness (QED) is 0.383. The van der Waals surface area contributed by atoms with E-state index in [-0.39, 0.29) is 0 Å². The van der Waals surface area contributed by atoms with Gasteiger partial charge in [0.1, 0.15) is 18.2 Å². The van der Waals surface area contributed by atoms with Gasteiger partial charge in [-0.25, -0.2) is 23.5 Å². The number of aliphatic hydroxyl groups excluding tert-OH is 2. The lowest BCUT2D eigenvalue weighted by Crippen LogP contribution is -2.62. The minimum atomic E-state index is -1.18. The Kier molecular flexibility index (Phi) is 2.81. The normalized spacial score (nSPS) is 32.2. The van der Waals surface area contributed by atoms with Crippen molar-refractivity contribution in [1.29, 1.82) is 0 Å². The molecular weight excluding hydrogens is 401 g/mol. The van der Waals surface area contributed by atoms with Gasteiger partial charge in [-0.05, 0) is 40.8 Å². The molecule has 114 valence electrons. The molecule has 1 aromatic carbocycles. The van der Waals surface area contributed by atoms with Crippen molar-refractivity contribution in [3.05, 3.63) is 63.5 Å². The SMILES string of the molecule is O=c1n(-c2ccccc2)c(=O)n2n1[C@H]1C=C[C@]2(I)[C@@H](O)[C@H]1O. The molecule has 7 nitrogen and oxygen atoms in total. The molecule has 0 unspecified atom stereocenters. The van der Waals surface area contributed by atoms with Gasteiger partial charge < -0.3 is 10.2 Å². The molecule has 1 aliphatic carbocycles. The highest BCUT2D eigenvalue weighted by molar-refractivity contribution is 14.1. The van der Waals surface area contributed by atoms with E-state index < -0.39 is 33.2 Å². The van der Waals surface area contributed by atoms with Crippen LogP contribution in [0.1, 0.15) is 6.04 Å². The highest BCUT2D eigenvalue weighted by atomic mass is 127. The van der Waals surface area contributed by atoms with Gasteiger partial charge in [-0.3, -0.25) is 0 Å². The molecule has 0 amide bonds. The molecule has 8 heteroatoms. The fraction of sp³-hybridized carbons (Fsp3) is 0.286. The van der Waals surface area contributed by atoms with Gasteiger partial charge in [0, 0.05) is 0 Å². The van der Waals surface area contributed by atoms with E-state index in [0.717, 1.165) is 4.57 Å². The van der Waals surface area contributed by atoms with Gasteiger partial charge in [-0.15, -0.1) is 0 Å². The average molecular weight is 413 g/mol. The third-order valence-electron chi connectivity index (χ3n) is 4.21. The number of halogens is 1. The van der Waals surface area contributed by atoms with Crippen molar-refractivity contribution in [2.75, 3.05) is 0 Å². The van der Waals surface area contributed by atoms with E-state index in [4.69, 9.17) is 0 Å². The molecule has 0 radical (unpaired) electrons. The van der Waals surface area contributed by atoms with E-state index in [1.54, 1.807) is 42.5 Å². The summed E-state index contributed by atoms with van der Waals surface area (Å²) in [5.74, 6) is 0. The molecule has 0 fully saturated rings. The van der Waals surface area contributed by atoms with Crippen LogP contribution >= 0.6 is 22.6 Å². The Bertz CT molecular complexity index is 897. The number of benzene rings is 1. The number of hydrogen-bond donors (Lipinski definition) is 2. The maximum atomic E-state index is 12.8. The number of rotatable bonds is 1. The molecular formula is C14H12IN3O4. The first-order valence-electron chi connectivity index (χ1n) is 6.73. The summed E-state index contributed by atoms with van der Waals surface area (Å²) in [6, 6.07) is 7.84. The van der Waals surface area contributed by atoms with Crippen molar-refractivity contribution in [3.8, 4) is 5.69 Å². The van der Waals surface area contributed by atoms with Crippen molar-refractivity contribution in [2.45, 2.75) is 21.8 Å². The Hall–Kier alpha value is -1.65. The van der Waals surface area contributed by atoms with Gasteiger partial charge in [0.2, 0.25) is 0 Å². The monoisotopic (exact) mass is 413 g/mol. The Morgan fingerprint density at radius 1 is 1.09 bits per heavy atom. The molecule has 3 aliphatic rings. The van der Waals surface area contributed by atoms with Gasteiger partial charge >= 0.3 is 11.4 Å². The summed E-state index contributed by atoms with van der Waals surface area (Å²) in [5.41, 5.74) is -0.612. The molecule has 2 bridgehead atoms. The van der Waals surface area contributed by atoms with E-state index in [2.05, 4.69) is 0 Å². The van der Waals surface area contributed by atoms with Crippen LogP contribution in [0.3, 0.4) is 0 Å². The zero-order valence-electron chi connectivity index (χ0n) is 11.2. The van der Waals surface area contributed by atoms with Gasteiger partial charge in [0.25, 0.3) is 0 Å². The summed E-state index contributed by atoms with van der Waals surface area (Å²) in [7, 11) is 0. The Morgan fingerprint density at radius 2 is 1.77 bits per heavy atom. The van der Waals surface area contributed by atoms with E-state index in [1.807, 2.05) is 22.6 Å². The fourth-order valence-electron chi connectivity index (χ4n) is 3.12. The molecule has 2 aliphatic heterocycles. The maximum Gasteiger partial charge on any atom is 0.353 e. The summed E-state index contributed by atoms with van der Waals surface area (Å²) < 4.78 is 2.32. The van der Waals surface area contributed by atoms with Crippen LogP contribution in [0.5, 0.6) is 0 Å². The summed E-state index contributed by atoms with van der Waals surface area (Å²) in [6.07, 6.45) is 1.02. The van der Waals surface area contributed by atoms with E-state index in [9.17, 15) is 19.8 Å². The molecule has 0 saturated heterocycles. The molecule has 0 saturated carbocycles. The average Bonchev–Trinajstić information content (AvgIpc) is 2.79.